The molecule has 0 amide bonds. The molecule has 0 saturated heterocycles. The number of hydrogen-bond acceptors (Lipinski definition) is 3. The molecule has 0 bridgehead atoms. The number of nitrogens with zero attached hydrogens (tertiary/aromatic N) is 1. The smallest absolute Gasteiger partial charge is 0.214 e. The van der Waals surface area contributed by atoms with Crippen LogP contribution in [-0.2, 0) is 10.0 Å². The van der Waals surface area contributed by atoms with Crippen LogP contribution >= 0.6 is 12.2 Å². The van der Waals surface area contributed by atoms with Gasteiger partial charge in [0.25, 0.3) is 0 Å². The molecule has 0 fully saturated rings. The number of thiocarbonyl (C=S) groups is 1. The summed E-state index contributed by atoms with van der Waals surface area (Å²) in [5.74, 6) is 0.597. The van der Waals surface area contributed by atoms with Gasteiger partial charge in [-0.1, -0.05) is 33.0 Å². The van der Waals surface area contributed by atoms with Crippen LogP contribution in [0.25, 0.3) is 0 Å². The van der Waals surface area contributed by atoms with E-state index >= 15 is 0 Å². The van der Waals surface area contributed by atoms with Crippen molar-refractivity contribution in [2.45, 2.75) is 33.6 Å². The second kappa shape index (κ2) is 7.19. The van der Waals surface area contributed by atoms with Crippen molar-refractivity contribution in [1.29, 1.82) is 0 Å². The maximum absolute atomic E-state index is 11.9. The standard InChI is InChI=1S/C10H22N2O2S2/c1-4-12(7-5-10(11)15)16(13,14)8-6-9(2)3/h9H,4-8H2,1-3H3,(H2,11,15). The summed E-state index contributed by atoms with van der Waals surface area (Å²) in [6.07, 6.45) is 1.13. The minimum atomic E-state index is -3.15. The van der Waals surface area contributed by atoms with Crippen LogP contribution in [0.15, 0.2) is 0 Å². The summed E-state index contributed by atoms with van der Waals surface area (Å²) < 4.78 is 25.3. The van der Waals surface area contributed by atoms with Crippen LogP contribution < -0.4 is 5.73 Å². The first kappa shape index (κ1) is 15.8. The minimum absolute atomic E-state index is 0.204. The molecule has 0 saturated carbocycles. The fourth-order valence-corrected chi connectivity index (χ4v) is 3.12. The third-order valence-corrected chi connectivity index (χ3v) is 4.49. The van der Waals surface area contributed by atoms with Gasteiger partial charge < -0.3 is 5.73 Å². The van der Waals surface area contributed by atoms with E-state index in [4.69, 9.17) is 18.0 Å². The molecule has 96 valence electrons. The third kappa shape index (κ3) is 6.40. The van der Waals surface area contributed by atoms with E-state index in [9.17, 15) is 8.42 Å². The van der Waals surface area contributed by atoms with Crippen molar-refractivity contribution in [2.24, 2.45) is 11.7 Å². The zero-order valence-corrected chi connectivity index (χ0v) is 11.9. The van der Waals surface area contributed by atoms with Crippen molar-refractivity contribution in [3.05, 3.63) is 0 Å². The molecular formula is C10H22N2O2S2. The highest BCUT2D eigenvalue weighted by molar-refractivity contribution is 7.89. The van der Waals surface area contributed by atoms with Crippen LogP contribution in [0, 0.1) is 5.92 Å². The Bertz CT molecular complexity index is 313. The highest BCUT2D eigenvalue weighted by atomic mass is 32.2. The van der Waals surface area contributed by atoms with Crippen LogP contribution in [0.5, 0.6) is 0 Å². The Morgan fingerprint density at radius 3 is 2.38 bits per heavy atom. The summed E-state index contributed by atoms with van der Waals surface area (Å²) in [5.41, 5.74) is 5.37. The number of sulfonamides is 1. The lowest BCUT2D eigenvalue weighted by atomic mass is 10.2. The zero-order valence-electron chi connectivity index (χ0n) is 10.3. The lowest BCUT2D eigenvalue weighted by Gasteiger charge is -2.20. The summed E-state index contributed by atoms with van der Waals surface area (Å²) in [4.78, 5) is 0.359. The average molecular weight is 266 g/mol. The first-order valence-electron chi connectivity index (χ1n) is 5.55. The molecule has 0 aliphatic heterocycles. The van der Waals surface area contributed by atoms with Crippen molar-refractivity contribution < 1.29 is 8.42 Å². The number of hydrogen-bond donors (Lipinski definition) is 1. The van der Waals surface area contributed by atoms with E-state index in [0.717, 1.165) is 0 Å². The van der Waals surface area contributed by atoms with Gasteiger partial charge in [-0.05, 0) is 12.3 Å². The molecular weight excluding hydrogens is 244 g/mol. The average Bonchev–Trinajstić information content (AvgIpc) is 2.15. The highest BCUT2D eigenvalue weighted by Crippen LogP contribution is 2.08. The molecule has 4 nitrogen and oxygen atoms in total. The van der Waals surface area contributed by atoms with Gasteiger partial charge in [-0.25, -0.2) is 12.7 Å². The van der Waals surface area contributed by atoms with Crippen LogP contribution in [-0.4, -0.2) is 36.6 Å². The fraction of sp³-hybridized carbons (Fsp3) is 0.900. The molecule has 0 radical (unpaired) electrons. The maximum Gasteiger partial charge on any atom is 0.214 e. The quantitative estimate of drug-likeness (QED) is 0.674. The number of nitrogens with two attached hydrogens (primary N) is 1. The van der Waals surface area contributed by atoms with Crippen LogP contribution in [0.3, 0.4) is 0 Å². The van der Waals surface area contributed by atoms with E-state index in [0.29, 0.717) is 36.8 Å². The van der Waals surface area contributed by atoms with Crippen molar-refractivity contribution >= 4 is 27.2 Å². The van der Waals surface area contributed by atoms with E-state index in [1.165, 1.54) is 4.31 Å². The molecule has 0 aromatic carbocycles. The predicted molar refractivity (Wildman–Crippen MR) is 71.9 cm³/mol. The third-order valence-electron chi connectivity index (χ3n) is 2.31. The molecule has 0 aromatic rings. The van der Waals surface area contributed by atoms with Gasteiger partial charge in [-0.2, -0.15) is 0 Å². The van der Waals surface area contributed by atoms with Gasteiger partial charge in [-0.15, -0.1) is 0 Å². The van der Waals surface area contributed by atoms with Crippen LogP contribution in [0.1, 0.15) is 33.6 Å². The molecule has 0 atom stereocenters. The van der Waals surface area contributed by atoms with Crippen molar-refractivity contribution in [3.8, 4) is 0 Å². The van der Waals surface area contributed by atoms with Gasteiger partial charge in [-0.3, -0.25) is 0 Å². The Labute approximate surface area is 104 Å². The van der Waals surface area contributed by atoms with Crippen molar-refractivity contribution in [1.82, 2.24) is 4.31 Å². The Morgan fingerprint density at radius 1 is 1.44 bits per heavy atom. The van der Waals surface area contributed by atoms with E-state index in [1.807, 2.05) is 20.8 Å². The molecule has 16 heavy (non-hydrogen) atoms. The normalized spacial score (nSPS) is 12.3. The Hall–Kier alpha value is -0.200. The molecule has 0 spiro atoms. The van der Waals surface area contributed by atoms with E-state index in [1.54, 1.807) is 0 Å². The Morgan fingerprint density at radius 2 is 2.00 bits per heavy atom. The molecule has 0 rings (SSSR count). The molecule has 0 heterocycles. The molecule has 6 heteroatoms. The highest BCUT2D eigenvalue weighted by Gasteiger charge is 2.20. The maximum atomic E-state index is 11.9. The van der Waals surface area contributed by atoms with E-state index in [-0.39, 0.29) is 5.75 Å². The van der Waals surface area contributed by atoms with Crippen molar-refractivity contribution in [2.75, 3.05) is 18.8 Å². The van der Waals surface area contributed by atoms with E-state index in [2.05, 4.69) is 0 Å². The first-order valence-corrected chi connectivity index (χ1v) is 7.57. The molecule has 0 aliphatic carbocycles. The lowest BCUT2D eigenvalue weighted by Crippen LogP contribution is -2.35. The monoisotopic (exact) mass is 266 g/mol. The molecule has 0 unspecified atom stereocenters. The first-order chi connectivity index (χ1) is 7.29. The van der Waals surface area contributed by atoms with Gasteiger partial charge >= 0.3 is 0 Å². The minimum Gasteiger partial charge on any atom is -0.393 e. The SMILES string of the molecule is CCN(CCC(N)=S)S(=O)(=O)CCC(C)C. The van der Waals surface area contributed by atoms with Crippen LogP contribution in [0.2, 0.25) is 0 Å². The summed E-state index contributed by atoms with van der Waals surface area (Å²) in [7, 11) is -3.15. The largest absolute Gasteiger partial charge is 0.393 e. The second-order valence-corrected chi connectivity index (χ2v) is 6.82. The Balaban J connectivity index is 4.37. The van der Waals surface area contributed by atoms with Gasteiger partial charge in [0.2, 0.25) is 10.0 Å². The second-order valence-electron chi connectivity index (χ2n) is 4.21. The van der Waals surface area contributed by atoms with Gasteiger partial charge in [0.15, 0.2) is 0 Å². The van der Waals surface area contributed by atoms with Gasteiger partial charge in [0, 0.05) is 19.5 Å². The fourth-order valence-electron chi connectivity index (χ4n) is 1.24. The molecule has 0 aromatic heterocycles. The summed E-state index contributed by atoms with van der Waals surface area (Å²) in [6, 6.07) is 0. The van der Waals surface area contributed by atoms with E-state index < -0.39 is 10.0 Å². The van der Waals surface area contributed by atoms with Gasteiger partial charge in [0.1, 0.15) is 0 Å². The lowest BCUT2D eigenvalue weighted by molar-refractivity contribution is 0.433. The van der Waals surface area contributed by atoms with Gasteiger partial charge in [0.05, 0.1) is 10.7 Å². The Kier molecular flexibility index (Phi) is 7.10. The van der Waals surface area contributed by atoms with Crippen molar-refractivity contribution in [3.63, 3.8) is 0 Å². The molecule has 0 aliphatic rings. The summed E-state index contributed by atoms with van der Waals surface area (Å²) in [6.45, 7) is 6.73. The molecule has 2 N–H and O–H groups in total. The van der Waals surface area contributed by atoms with Crippen LogP contribution in [0.4, 0.5) is 0 Å². The topological polar surface area (TPSA) is 63.4 Å². The number of rotatable bonds is 8. The summed E-state index contributed by atoms with van der Waals surface area (Å²) in [5, 5.41) is 0. The predicted octanol–water partition coefficient (Wildman–Crippen LogP) is 1.36. The zero-order chi connectivity index (χ0) is 12.8. The summed E-state index contributed by atoms with van der Waals surface area (Å²) >= 11 is 4.75.